The van der Waals surface area contributed by atoms with E-state index in [1.165, 1.54) is 6.20 Å². The first-order valence-electron chi connectivity index (χ1n) is 13.8. The van der Waals surface area contributed by atoms with Crippen LogP contribution in [0.5, 0.6) is 0 Å². The number of piperidine rings is 1. The zero-order valence-electron chi connectivity index (χ0n) is 23.5. The summed E-state index contributed by atoms with van der Waals surface area (Å²) in [4.78, 5) is 19.3. The average molecular weight is 555 g/mol. The van der Waals surface area contributed by atoms with Crippen LogP contribution in [0.3, 0.4) is 0 Å². The average Bonchev–Trinajstić information content (AvgIpc) is 3.32. The second kappa shape index (κ2) is 10.2. The van der Waals surface area contributed by atoms with Crippen LogP contribution in [0.2, 0.25) is 0 Å². The number of hydrogen-bond donors (Lipinski definition) is 2. The van der Waals surface area contributed by atoms with Gasteiger partial charge in [0.15, 0.2) is 0 Å². The number of likely N-dealkylation sites (tertiary alicyclic amines) is 1. The quantitative estimate of drug-likeness (QED) is 0.353. The summed E-state index contributed by atoms with van der Waals surface area (Å²) in [5.41, 5.74) is 0.484. The van der Waals surface area contributed by atoms with Crippen LogP contribution in [0.1, 0.15) is 61.8 Å². The first kappa shape index (κ1) is 28.1. The van der Waals surface area contributed by atoms with E-state index in [-0.39, 0.29) is 22.7 Å². The maximum Gasteiger partial charge on any atom is 0.417 e. The number of nitrogens with one attached hydrogen (secondary N) is 2. The first-order valence-corrected chi connectivity index (χ1v) is 13.8. The van der Waals surface area contributed by atoms with Crippen molar-refractivity contribution in [1.29, 1.82) is 0 Å². The largest absolute Gasteiger partial charge is 0.417 e. The smallest absolute Gasteiger partial charge is 0.379 e. The van der Waals surface area contributed by atoms with Gasteiger partial charge in [-0.2, -0.15) is 18.3 Å². The van der Waals surface area contributed by atoms with Crippen LogP contribution in [0.4, 0.5) is 18.9 Å². The normalized spacial score (nSPS) is 21.2. The number of carbonyl (C=O) groups excluding carboxylic acids is 1. The summed E-state index contributed by atoms with van der Waals surface area (Å²) in [5.74, 6) is 0.294. The highest BCUT2D eigenvalue weighted by Gasteiger charge is 2.56. The second-order valence-electron chi connectivity index (χ2n) is 12.2. The van der Waals surface area contributed by atoms with Gasteiger partial charge in [-0.05, 0) is 71.6 Å². The van der Waals surface area contributed by atoms with Gasteiger partial charge >= 0.3 is 6.18 Å². The summed E-state index contributed by atoms with van der Waals surface area (Å²) >= 11 is 0. The van der Waals surface area contributed by atoms with E-state index in [4.69, 9.17) is 0 Å². The van der Waals surface area contributed by atoms with E-state index in [0.29, 0.717) is 47.3 Å². The Bertz CT molecular complexity index is 1440. The Morgan fingerprint density at radius 3 is 2.67 bits per heavy atom. The Kier molecular flexibility index (Phi) is 7.18. The van der Waals surface area contributed by atoms with Gasteiger partial charge in [-0.25, -0.2) is 0 Å². The Labute approximate surface area is 232 Å². The molecule has 0 radical (unpaired) electrons. The van der Waals surface area contributed by atoms with E-state index in [1.807, 2.05) is 32.9 Å². The fourth-order valence-corrected chi connectivity index (χ4v) is 5.58. The zero-order valence-corrected chi connectivity index (χ0v) is 23.5. The molecule has 214 valence electrons. The van der Waals surface area contributed by atoms with Crippen LogP contribution >= 0.6 is 0 Å². The molecule has 2 atom stereocenters. The molecule has 1 saturated carbocycles. The lowest BCUT2D eigenvalue weighted by Gasteiger charge is -2.30. The summed E-state index contributed by atoms with van der Waals surface area (Å²) in [7, 11) is 2.12. The highest BCUT2D eigenvalue weighted by atomic mass is 19.4. The van der Waals surface area contributed by atoms with E-state index < -0.39 is 11.7 Å². The fraction of sp³-hybridized carbons (Fsp3) is 0.500. The van der Waals surface area contributed by atoms with E-state index in [0.717, 1.165) is 31.6 Å². The number of rotatable bonds is 8. The Balaban J connectivity index is 1.35. The van der Waals surface area contributed by atoms with Gasteiger partial charge in [0.05, 0.1) is 28.6 Å². The lowest BCUT2D eigenvalue weighted by molar-refractivity contribution is -0.0688. The zero-order chi connectivity index (χ0) is 28.9. The van der Waals surface area contributed by atoms with Crippen molar-refractivity contribution in [1.82, 2.24) is 25.0 Å². The molecule has 2 aromatic heterocycles. The summed E-state index contributed by atoms with van der Waals surface area (Å²) in [6.07, 6.45) is 1.62. The lowest BCUT2D eigenvalue weighted by atomic mass is 9.99. The number of hydrogen-bond acceptors (Lipinski definition) is 5. The van der Waals surface area contributed by atoms with Crippen molar-refractivity contribution in [3.8, 4) is 0 Å². The summed E-state index contributed by atoms with van der Waals surface area (Å²) < 4.78 is 43.1. The monoisotopic (exact) mass is 554 g/mol. The van der Waals surface area contributed by atoms with Crippen LogP contribution in [-0.4, -0.2) is 64.0 Å². The molecule has 1 aromatic carbocycles. The SMILES string of the molecule is C=C(c1nc(CCCNC(=O)c2cnn(C(C)(C)C)c2)cc2c(NC34CCN(C)CC3C4)cccc12)C(F)(F)F. The van der Waals surface area contributed by atoms with Crippen LogP contribution in [0.25, 0.3) is 16.3 Å². The number of pyridine rings is 1. The molecule has 2 N–H and O–H groups in total. The third kappa shape index (κ3) is 5.73. The minimum absolute atomic E-state index is 0.00347. The van der Waals surface area contributed by atoms with Gasteiger partial charge in [-0.1, -0.05) is 18.7 Å². The predicted molar refractivity (Wildman–Crippen MR) is 151 cm³/mol. The number of amides is 1. The predicted octanol–water partition coefficient (Wildman–Crippen LogP) is 5.63. The van der Waals surface area contributed by atoms with E-state index in [1.54, 1.807) is 23.0 Å². The van der Waals surface area contributed by atoms with E-state index in [2.05, 4.69) is 39.2 Å². The van der Waals surface area contributed by atoms with Crippen LogP contribution < -0.4 is 10.6 Å². The van der Waals surface area contributed by atoms with Crippen molar-refractivity contribution < 1.29 is 18.0 Å². The molecule has 0 bridgehead atoms. The molecule has 1 amide bonds. The van der Waals surface area contributed by atoms with Crippen LogP contribution in [0, 0.1) is 5.92 Å². The van der Waals surface area contributed by atoms with Crippen molar-refractivity contribution >= 4 is 27.9 Å². The van der Waals surface area contributed by atoms with Gasteiger partial charge in [-0.3, -0.25) is 14.5 Å². The second-order valence-corrected chi connectivity index (χ2v) is 12.2. The third-order valence-corrected chi connectivity index (χ3v) is 8.07. The molecule has 5 rings (SSSR count). The summed E-state index contributed by atoms with van der Waals surface area (Å²) in [5, 5.41) is 12.0. The molecule has 1 saturated heterocycles. The van der Waals surface area contributed by atoms with Gasteiger partial charge < -0.3 is 15.5 Å². The maximum atomic E-state index is 13.8. The standard InChI is InChI=1S/C30H37F3N6O/c1-19(30(31,32)33)26-23-9-6-10-25(37-29-11-13-38(5)18-21(29)15-29)24(23)14-22(36-26)8-7-12-34-27(40)20-16-35-39(17-20)28(2,3)4/h6,9-10,14,16-17,21,37H,1,7-8,11-13,15,18H2,2-5H3,(H,34,40). The molecule has 3 aromatic rings. The summed E-state index contributed by atoms with van der Waals surface area (Å²) in [6.45, 7) is 11.7. The molecule has 2 unspecified atom stereocenters. The third-order valence-electron chi connectivity index (χ3n) is 8.07. The number of fused-ring (bicyclic) bond motifs is 2. The van der Waals surface area contributed by atoms with Crippen molar-refractivity contribution in [2.75, 3.05) is 32.0 Å². The number of alkyl halides is 3. The van der Waals surface area contributed by atoms with E-state index in [9.17, 15) is 18.0 Å². The van der Waals surface area contributed by atoms with Crippen molar-refractivity contribution in [3.05, 3.63) is 60.2 Å². The van der Waals surface area contributed by atoms with Crippen molar-refractivity contribution in [3.63, 3.8) is 0 Å². The van der Waals surface area contributed by atoms with Crippen molar-refractivity contribution in [2.45, 2.75) is 63.7 Å². The Morgan fingerprint density at radius 2 is 2.00 bits per heavy atom. The van der Waals surface area contributed by atoms with Gasteiger partial charge in [0, 0.05) is 53.5 Å². The Hall–Kier alpha value is -3.40. The van der Waals surface area contributed by atoms with Gasteiger partial charge in [0.2, 0.25) is 0 Å². The number of nitrogens with zero attached hydrogens (tertiary/aromatic N) is 4. The molecular weight excluding hydrogens is 517 g/mol. The molecule has 1 aliphatic carbocycles. The molecule has 0 spiro atoms. The molecule has 40 heavy (non-hydrogen) atoms. The molecule has 7 nitrogen and oxygen atoms in total. The number of benzene rings is 1. The molecule has 1 aliphatic heterocycles. The Morgan fingerprint density at radius 1 is 1.23 bits per heavy atom. The van der Waals surface area contributed by atoms with E-state index >= 15 is 0 Å². The number of carbonyl (C=O) groups is 1. The fourth-order valence-electron chi connectivity index (χ4n) is 5.58. The summed E-state index contributed by atoms with van der Waals surface area (Å²) in [6, 6.07) is 7.27. The van der Waals surface area contributed by atoms with Gasteiger partial charge in [0.1, 0.15) is 0 Å². The van der Waals surface area contributed by atoms with Gasteiger partial charge in [0.25, 0.3) is 5.91 Å². The topological polar surface area (TPSA) is 75.1 Å². The first-order chi connectivity index (χ1) is 18.8. The van der Waals surface area contributed by atoms with Crippen LogP contribution in [0.15, 0.2) is 43.2 Å². The molecular formula is C30H37F3N6O. The van der Waals surface area contributed by atoms with Gasteiger partial charge in [-0.15, -0.1) is 0 Å². The molecule has 3 heterocycles. The highest BCUT2D eigenvalue weighted by Crippen LogP contribution is 2.52. The number of allylic oxidation sites excluding steroid dienone is 1. The number of aromatic nitrogens is 3. The lowest BCUT2D eigenvalue weighted by Crippen LogP contribution is -2.38. The minimum atomic E-state index is -4.60. The van der Waals surface area contributed by atoms with Crippen LogP contribution in [-0.2, 0) is 12.0 Å². The molecule has 10 heteroatoms. The molecule has 2 aliphatic rings. The molecule has 2 fully saturated rings. The number of halogens is 3. The van der Waals surface area contributed by atoms with Crippen molar-refractivity contribution in [2.24, 2.45) is 5.92 Å². The minimum Gasteiger partial charge on any atom is -0.379 e. The number of aryl methyl sites for hydroxylation is 1. The number of anilines is 1. The highest BCUT2D eigenvalue weighted by molar-refractivity contribution is 6.00. The maximum absolute atomic E-state index is 13.8.